The van der Waals surface area contributed by atoms with Gasteiger partial charge in [0.25, 0.3) is 5.91 Å². The molecule has 0 radical (unpaired) electrons. The van der Waals surface area contributed by atoms with Gasteiger partial charge in [-0.3, -0.25) is 9.69 Å². The number of rotatable bonds is 7. The number of carbonyl (C=O) groups excluding carboxylic acids is 1. The van der Waals surface area contributed by atoms with Crippen LogP contribution in [0.25, 0.3) is 0 Å². The molecule has 0 bridgehead atoms. The Balaban J connectivity index is 1.53. The SMILES string of the molecule is COc1ccc(C2Nc3ccccc3C(=O)N2c2ccc(C)cc2)cc1COc1cc(C)c(Cl)cc1C(C)C. The molecule has 6 heteroatoms. The molecule has 0 saturated carbocycles. The molecule has 1 aliphatic heterocycles. The molecule has 0 aliphatic carbocycles. The number of nitrogens with zero attached hydrogens (tertiary/aromatic N) is 1. The van der Waals surface area contributed by atoms with Crippen molar-refractivity contribution >= 4 is 28.9 Å². The first-order chi connectivity index (χ1) is 18.8. The third kappa shape index (κ3) is 5.32. The highest BCUT2D eigenvalue weighted by Gasteiger charge is 2.34. The van der Waals surface area contributed by atoms with Gasteiger partial charge >= 0.3 is 0 Å². The van der Waals surface area contributed by atoms with Crippen molar-refractivity contribution in [3.63, 3.8) is 0 Å². The van der Waals surface area contributed by atoms with Gasteiger partial charge in [-0.15, -0.1) is 0 Å². The lowest BCUT2D eigenvalue weighted by molar-refractivity contribution is 0.0975. The van der Waals surface area contributed by atoms with E-state index in [9.17, 15) is 4.79 Å². The lowest BCUT2D eigenvalue weighted by Gasteiger charge is -2.38. The fraction of sp³-hybridized carbons (Fsp3) is 0.242. The van der Waals surface area contributed by atoms with Gasteiger partial charge in [0.05, 0.1) is 12.7 Å². The lowest BCUT2D eigenvalue weighted by Crippen LogP contribution is -2.43. The number of hydrogen-bond donors (Lipinski definition) is 1. The summed E-state index contributed by atoms with van der Waals surface area (Å²) in [6.45, 7) is 8.56. The van der Waals surface area contributed by atoms with Crippen molar-refractivity contribution in [2.24, 2.45) is 0 Å². The molecule has 4 aromatic carbocycles. The highest BCUT2D eigenvalue weighted by Crippen LogP contribution is 2.38. The van der Waals surface area contributed by atoms with E-state index in [0.29, 0.717) is 12.2 Å². The van der Waals surface area contributed by atoms with Crippen molar-refractivity contribution < 1.29 is 14.3 Å². The monoisotopic (exact) mass is 540 g/mol. The van der Waals surface area contributed by atoms with E-state index in [4.69, 9.17) is 21.1 Å². The Kier molecular flexibility index (Phi) is 7.53. The summed E-state index contributed by atoms with van der Waals surface area (Å²) in [5.74, 6) is 1.73. The summed E-state index contributed by atoms with van der Waals surface area (Å²) in [6, 6.07) is 25.6. The number of amides is 1. The number of carbonyl (C=O) groups is 1. The Bertz CT molecular complexity index is 1510. The highest BCUT2D eigenvalue weighted by molar-refractivity contribution is 6.31. The predicted molar refractivity (Wildman–Crippen MR) is 158 cm³/mol. The number of ether oxygens (including phenoxy) is 2. The maximum atomic E-state index is 13.8. The fourth-order valence-electron chi connectivity index (χ4n) is 4.94. The molecule has 1 N–H and O–H groups in total. The van der Waals surface area contributed by atoms with Gasteiger partial charge in [0, 0.05) is 22.0 Å². The number of aryl methyl sites for hydroxylation is 2. The van der Waals surface area contributed by atoms with Gasteiger partial charge in [0.1, 0.15) is 24.3 Å². The molecule has 1 aliphatic rings. The number of methoxy groups -OCH3 is 1. The number of anilines is 2. The first kappa shape index (κ1) is 26.6. The average molecular weight is 541 g/mol. The van der Waals surface area contributed by atoms with Crippen molar-refractivity contribution in [3.8, 4) is 11.5 Å². The van der Waals surface area contributed by atoms with Gasteiger partial charge < -0.3 is 14.8 Å². The Morgan fingerprint density at radius 2 is 1.69 bits per heavy atom. The van der Waals surface area contributed by atoms with Crippen LogP contribution < -0.4 is 19.7 Å². The van der Waals surface area contributed by atoms with Crippen LogP contribution in [0, 0.1) is 13.8 Å². The maximum absolute atomic E-state index is 13.8. The number of benzene rings is 4. The van der Waals surface area contributed by atoms with Crippen LogP contribution in [-0.2, 0) is 6.61 Å². The number of hydrogen-bond acceptors (Lipinski definition) is 4. The normalized spacial score (nSPS) is 14.7. The largest absolute Gasteiger partial charge is 0.496 e. The molecular formula is C33H33ClN2O3. The van der Waals surface area contributed by atoms with Gasteiger partial charge in [0.15, 0.2) is 0 Å². The van der Waals surface area contributed by atoms with Crippen LogP contribution in [0.1, 0.15) is 64.1 Å². The first-order valence-corrected chi connectivity index (χ1v) is 13.5. The van der Waals surface area contributed by atoms with Crippen molar-refractivity contribution in [2.75, 3.05) is 17.3 Å². The molecule has 1 unspecified atom stereocenters. The highest BCUT2D eigenvalue weighted by atomic mass is 35.5. The van der Waals surface area contributed by atoms with E-state index < -0.39 is 6.17 Å². The number of para-hydroxylation sites is 1. The van der Waals surface area contributed by atoms with Crippen LogP contribution in [0.3, 0.4) is 0 Å². The molecule has 5 rings (SSSR count). The minimum Gasteiger partial charge on any atom is -0.496 e. The Hall–Kier alpha value is -3.96. The second kappa shape index (κ2) is 11.0. The molecule has 0 aromatic heterocycles. The number of nitrogens with one attached hydrogen (secondary N) is 1. The molecule has 200 valence electrons. The zero-order valence-corrected chi connectivity index (χ0v) is 23.7. The molecule has 39 heavy (non-hydrogen) atoms. The molecule has 4 aromatic rings. The zero-order valence-electron chi connectivity index (χ0n) is 22.9. The standard InChI is InChI=1S/C33H33ClN2O3/c1-20(2)27-18-28(34)22(4)16-31(27)39-19-24-17-23(12-15-30(24)38-5)32-35-29-9-7-6-8-26(29)33(37)36(32)25-13-10-21(3)11-14-25/h6-18,20,32,35H,19H2,1-5H3. The lowest BCUT2D eigenvalue weighted by atomic mass is 10.00. The van der Waals surface area contributed by atoms with Crippen LogP contribution >= 0.6 is 11.6 Å². The predicted octanol–water partition coefficient (Wildman–Crippen LogP) is 8.44. The number of fused-ring (bicyclic) bond motifs is 1. The van der Waals surface area contributed by atoms with Crippen molar-refractivity contribution in [1.29, 1.82) is 0 Å². The average Bonchev–Trinajstić information content (AvgIpc) is 2.93. The summed E-state index contributed by atoms with van der Waals surface area (Å²) in [5.41, 5.74) is 7.24. The molecular weight excluding hydrogens is 508 g/mol. The molecule has 0 saturated heterocycles. The molecule has 0 fully saturated rings. The maximum Gasteiger partial charge on any atom is 0.262 e. The second-order valence-corrected chi connectivity index (χ2v) is 10.7. The van der Waals surface area contributed by atoms with Crippen LogP contribution in [0.4, 0.5) is 11.4 Å². The first-order valence-electron chi connectivity index (χ1n) is 13.1. The van der Waals surface area contributed by atoms with E-state index in [1.807, 2.05) is 91.5 Å². The molecule has 0 spiro atoms. The minimum absolute atomic E-state index is 0.0509. The summed E-state index contributed by atoms with van der Waals surface area (Å²) in [5, 5.41) is 4.32. The Labute approximate surface area is 235 Å². The zero-order chi connectivity index (χ0) is 27.7. The van der Waals surface area contributed by atoms with E-state index in [-0.39, 0.29) is 11.8 Å². The third-order valence-corrected chi connectivity index (χ3v) is 7.56. The van der Waals surface area contributed by atoms with Gasteiger partial charge in [-0.05, 0) is 85.0 Å². The van der Waals surface area contributed by atoms with E-state index in [0.717, 1.165) is 55.7 Å². The van der Waals surface area contributed by atoms with Gasteiger partial charge in [-0.1, -0.05) is 61.3 Å². The van der Waals surface area contributed by atoms with Crippen molar-refractivity contribution in [2.45, 2.75) is 46.4 Å². The third-order valence-electron chi connectivity index (χ3n) is 7.16. The molecule has 1 amide bonds. The molecule has 1 atom stereocenters. The van der Waals surface area contributed by atoms with E-state index in [1.165, 1.54) is 0 Å². The summed E-state index contributed by atoms with van der Waals surface area (Å²) in [6.07, 6.45) is -0.413. The summed E-state index contributed by atoms with van der Waals surface area (Å²) in [7, 11) is 1.65. The summed E-state index contributed by atoms with van der Waals surface area (Å²) >= 11 is 6.41. The van der Waals surface area contributed by atoms with E-state index >= 15 is 0 Å². The fourth-order valence-corrected chi connectivity index (χ4v) is 5.11. The Morgan fingerprint density at radius 1 is 0.949 bits per heavy atom. The van der Waals surface area contributed by atoms with Gasteiger partial charge in [-0.25, -0.2) is 0 Å². The number of halogens is 1. The van der Waals surface area contributed by atoms with Crippen LogP contribution in [0.15, 0.2) is 78.9 Å². The minimum atomic E-state index is -0.413. The van der Waals surface area contributed by atoms with Crippen LogP contribution in [-0.4, -0.2) is 13.0 Å². The smallest absolute Gasteiger partial charge is 0.262 e. The van der Waals surface area contributed by atoms with Crippen molar-refractivity contribution in [1.82, 2.24) is 0 Å². The molecule has 1 heterocycles. The van der Waals surface area contributed by atoms with Gasteiger partial charge in [0.2, 0.25) is 0 Å². The quantitative estimate of drug-likeness (QED) is 0.255. The van der Waals surface area contributed by atoms with Crippen LogP contribution in [0.5, 0.6) is 11.5 Å². The van der Waals surface area contributed by atoms with E-state index in [2.05, 4.69) is 25.2 Å². The topological polar surface area (TPSA) is 50.8 Å². The Morgan fingerprint density at radius 3 is 2.41 bits per heavy atom. The van der Waals surface area contributed by atoms with Gasteiger partial charge in [-0.2, -0.15) is 0 Å². The van der Waals surface area contributed by atoms with E-state index in [1.54, 1.807) is 7.11 Å². The summed E-state index contributed by atoms with van der Waals surface area (Å²) in [4.78, 5) is 15.6. The van der Waals surface area contributed by atoms with Crippen LogP contribution in [0.2, 0.25) is 5.02 Å². The van der Waals surface area contributed by atoms with Crippen molar-refractivity contribution in [3.05, 3.63) is 117 Å². The summed E-state index contributed by atoms with van der Waals surface area (Å²) < 4.78 is 12.1. The molecule has 5 nitrogen and oxygen atoms in total. The second-order valence-electron chi connectivity index (χ2n) is 10.3.